The van der Waals surface area contributed by atoms with Crippen molar-refractivity contribution in [3.05, 3.63) is 100 Å². The molecule has 0 unspecified atom stereocenters. The smallest absolute Gasteiger partial charge is 0.257 e. The number of ether oxygens (including phenoxy) is 2. The van der Waals surface area contributed by atoms with Crippen LogP contribution in [0.2, 0.25) is 0 Å². The molecule has 1 aliphatic heterocycles. The van der Waals surface area contributed by atoms with Crippen molar-refractivity contribution < 1.29 is 14.3 Å². The van der Waals surface area contributed by atoms with E-state index in [0.29, 0.717) is 42.5 Å². The summed E-state index contributed by atoms with van der Waals surface area (Å²) in [6.45, 7) is 1.37. The number of benzene rings is 3. The summed E-state index contributed by atoms with van der Waals surface area (Å²) in [4.78, 5) is 25.3. The van der Waals surface area contributed by atoms with E-state index in [-0.39, 0.29) is 11.5 Å². The van der Waals surface area contributed by atoms with Gasteiger partial charge in [-0.05, 0) is 34.5 Å². The summed E-state index contributed by atoms with van der Waals surface area (Å²) in [6, 6.07) is 22.3. The van der Waals surface area contributed by atoms with Gasteiger partial charge in [-0.15, -0.1) is 0 Å². The van der Waals surface area contributed by atoms with E-state index in [1.165, 1.54) is 12.1 Å². The van der Waals surface area contributed by atoms with Crippen LogP contribution in [0.4, 0.5) is 5.69 Å². The SMILES string of the molecule is O=C(Nc1ccc2c(c1)OCCO2)c1ccc(=O)n(Cc2cccc3ccccc23)c1. The Morgan fingerprint density at radius 2 is 1.71 bits per heavy atom. The van der Waals surface area contributed by atoms with Crippen molar-refractivity contribution in [1.82, 2.24) is 4.57 Å². The molecule has 0 saturated carbocycles. The van der Waals surface area contributed by atoms with E-state index in [1.54, 1.807) is 29.0 Å². The van der Waals surface area contributed by atoms with Gasteiger partial charge < -0.3 is 19.4 Å². The third kappa shape index (κ3) is 3.88. The van der Waals surface area contributed by atoms with E-state index in [1.807, 2.05) is 42.5 Å². The Labute approximate surface area is 178 Å². The van der Waals surface area contributed by atoms with Gasteiger partial charge in [0.2, 0.25) is 0 Å². The lowest BCUT2D eigenvalue weighted by molar-refractivity contribution is 0.102. The number of nitrogens with one attached hydrogen (secondary N) is 1. The zero-order chi connectivity index (χ0) is 21.2. The summed E-state index contributed by atoms with van der Waals surface area (Å²) in [5, 5.41) is 5.06. The minimum atomic E-state index is -0.302. The summed E-state index contributed by atoms with van der Waals surface area (Å²) < 4.78 is 12.6. The number of carbonyl (C=O) groups is 1. The molecule has 5 rings (SSSR count). The summed E-state index contributed by atoms with van der Waals surface area (Å²) in [5.41, 5.74) is 1.85. The predicted molar refractivity (Wildman–Crippen MR) is 119 cm³/mol. The number of amides is 1. The molecule has 1 aliphatic rings. The van der Waals surface area contributed by atoms with Crippen LogP contribution in [0.25, 0.3) is 10.8 Å². The van der Waals surface area contributed by atoms with Crippen molar-refractivity contribution >= 4 is 22.4 Å². The van der Waals surface area contributed by atoms with E-state index in [2.05, 4.69) is 5.32 Å². The Bertz CT molecular complexity index is 1340. The first kappa shape index (κ1) is 18.9. The molecule has 0 fully saturated rings. The van der Waals surface area contributed by atoms with Crippen LogP contribution in [0.15, 0.2) is 83.8 Å². The first-order chi connectivity index (χ1) is 15.2. The number of nitrogens with zero attached hydrogens (tertiary/aromatic N) is 1. The molecular weight excluding hydrogens is 392 g/mol. The fourth-order valence-corrected chi connectivity index (χ4v) is 3.73. The molecule has 0 bridgehead atoms. The summed E-state index contributed by atoms with van der Waals surface area (Å²) in [7, 11) is 0. The maximum absolute atomic E-state index is 12.8. The van der Waals surface area contributed by atoms with Crippen LogP contribution in [0.3, 0.4) is 0 Å². The van der Waals surface area contributed by atoms with E-state index >= 15 is 0 Å². The lowest BCUT2D eigenvalue weighted by Crippen LogP contribution is -2.22. The van der Waals surface area contributed by atoms with Gasteiger partial charge in [0.25, 0.3) is 11.5 Å². The third-order valence-electron chi connectivity index (χ3n) is 5.27. The van der Waals surface area contributed by atoms with Crippen LogP contribution in [-0.2, 0) is 6.54 Å². The van der Waals surface area contributed by atoms with Crippen molar-refractivity contribution in [1.29, 1.82) is 0 Å². The van der Waals surface area contributed by atoms with Gasteiger partial charge in [-0.2, -0.15) is 0 Å². The Balaban J connectivity index is 1.40. The zero-order valence-electron chi connectivity index (χ0n) is 16.7. The highest BCUT2D eigenvalue weighted by Crippen LogP contribution is 2.32. The molecule has 6 heteroatoms. The highest BCUT2D eigenvalue weighted by Gasteiger charge is 2.14. The van der Waals surface area contributed by atoms with E-state index in [4.69, 9.17) is 9.47 Å². The van der Waals surface area contributed by atoms with E-state index in [0.717, 1.165) is 16.3 Å². The van der Waals surface area contributed by atoms with Gasteiger partial charge in [0.05, 0.1) is 12.1 Å². The van der Waals surface area contributed by atoms with Gasteiger partial charge in [0.1, 0.15) is 13.2 Å². The van der Waals surface area contributed by atoms with Gasteiger partial charge in [0.15, 0.2) is 11.5 Å². The van der Waals surface area contributed by atoms with Crippen molar-refractivity contribution in [3.63, 3.8) is 0 Å². The second kappa shape index (κ2) is 7.99. The van der Waals surface area contributed by atoms with Crippen molar-refractivity contribution in [2.75, 3.05) is 18.5 Å². The van der Waals surface area contributed by atoms with Crippen LogP contribution < -0.4 is 20.3 Å². The lowest BCUT2D eigenvalue weighted by Gasteiger charge is -2.19. The average Bonchev–Trinajstić information content (AvgIpc) is 2.80. The summed E-state index contributed by atoms with van der Waals surface area (Å²) >= 11 is 0. The van der Waals surface area contributed by atoms with Gasteiger partial charge in [-0.25, -0.2) is 0 Å². The Morgan fingerprint density at radius 3 is 2.61 bits per heavy atom. The monoisotopic (exact) mass is 412 g/mol. The summed E-state index contributed by atoms with van der Waals surface area (Å²) in [6.07, 6.45) is 1.59. The molecular formula is C25H20N2O4. The van der Waals surface area contributed by atoms with E-state index < -0.39 is 0 Å². The van der Waals surface area contributed by atoms with E-state index in [9.17, 15) is 9.59 Å². The standard InChI is InChI=1S/C25H20N2O4/c28-24-11-8-19(25(29)26-20-9-10-22-23(14-20)31-13-12-30-22)16-27(24)15-18-6-3-5-17-4-1-2-7-21(17)18/h1-11,14,16H,12-13,15H2,(H,26,29). The van der Waals surface area contributed by atoms with Crippen LogP contribution in [0, 0.1) is 0 Å². The van der Waals surface area contributed by atoms with Crippen LogP contribution in [-0.4, -0.2) is 23.7 Å². The quantitative estimate of drug-likeness (QED) is 0.549. The minimum Gasteiger partial charge on any atom is -0.486 e. The zero-order valence-corrected chi connectivity index (χ0v) is 16.7. The number of aromatic nitrogens is 1. The van der Waals surface area contributed by atoms with Gasteiger partial charge in [-0.1, -0.05) is 42.5 Å². The molecule has 31 heavy (non-hydrogen) atoms. The van der Waals surface area contributed by atoms with Crippen molar-refractivity contribution in [3.8, 4) is 11.5 Å². The predicted octanol–water partition coefficient (Wildman–Crippen LogP) is 4.07. The molecule has 0 spiro atoms. The Morgan fingerprint density at radius 1 is 0.903 bits per heavy atom. The number of carbonyl (C=O) groups excluding carboxylic acids is 1. The van der Waals surface area contributed by atoms with Gasteiger partial charge in [-0.3, -0.25) is 9.59 Å². The largest absolute Gasteiger partial charge is 0.486 e. The van der Waals surface area contributed by atoms with Crippen molar-refractivity contribution in [2.45, 2.75) is 6.54 Å². The normalized spacial score (nSPS) is 12.5. The fourth-order valence-electron chi connectivity index (χ4n) is 3.73. The lowest BCUT2D eigenvalue weighted by atomic mass is 10.0. The molecule has 4 aromatic rings. The fraction of sp³-hybridized carbons (Fsp3) is 0.120. The maximum atomic E-state index is 12.8. The molecule has 6 nitrogen and oxygen atoms in total. The maximum Gasteiger partial charge on any atom is 0.257 e. The van der Waals surface area contributed by atoms with Gasteiger partial charge >= 0.3 is 0 Å². The third-order valence-corrected chi connectivity index (χ3v) is 5.27. The first-order valence-corrected chi connectivity index (χ1v) is 10.1. The molecule has 2 heterocycles. The number of pyridine rings is 1. The number of rotatable bonds is 4. The molecule has 1 amide bonds. The molecule has 0 saturated heterocycles. The minimum absolute atomic E-state index is 0.163. The van der Waals surface area contributed by atoms with Crippen LogP contribution in [0.1, 0.15) is 15.9 Å². The Hall–Kier alpha value is -4.06. The molecule has 154 valence electrons. The number of fused-ring (bicyclic) bond motifs is 2. The highest BCUT2D eigenvalue weighted by molar-refractivity contribution is 6.04. The first-order valence-electron chi connectivity index (χ1n) is 10.1. The van der Waals surface area contributed by atoms with Crippen molar-refractivity contribution in [2.24, 2.45) is 0 Å². The molecule has 3 aromatic carbocycles. The molecule has 0 aliphatic carbocycles. The van der Waals surface area contributed by atoms with Gasteiger partial charge in [0, 0.05) is 24.0 Å². The number of hydrogen-bond donors (Lipinski definition) is 1. The molecule has 0 radical (unpaired) electrons. The second-order valence-electron chi connectivity index (χ2n) is 7.33. The van der Waals surface area contributed by atoms with Crippen LogP contribution in [0.5, 0.6) is 11.5 Å². The molecule has 0 atom stereocenters. The topological polar surface area (TPSA) is 69.6 Å². The molecule has 1 N–H and O–H groups in total. The highest BCUT2D eigenvalue weighted by atomic mass is 16.6. The summed E-state index contributed by atoms with van der Waals surface area (Å²) in [5.74, 6) is 0.959. The average molecular weight is 412 g/mol. The van der Waals surface area contributed by atoms with Crippen LogP contribution >= 0.6 is 0 Å². The number of hydrogen-bond acceptors (Lipinski definition) is 4. The second-order valence-corrected chi connectivity index (χ2v) is 7.33. The molecule has 1 aromatic heterocycles. The Kier molecular flexibility index (Phi) is 4.88. The number of anilines is 1.